The Labute approximate surface area is 567 Å². The highest BCUT2D eigenvalue weighted by molar-refractivity contribution is 7.47. The molecule has 1 N–H and O–H groups in total. The molecule has 0 aromatic carbocycles. The van der Waals surface area contributed by atoms with Crippen LogP contribution in [0, 0.1) is 0 Å². The molecule has 92 heavy (non-hydrogen) atoms. The van der Waals surface area contributed by atoms with E-state index in [-0.39, 0.29) is 32.0 Å². The van der Waals surface area contributed by atoms with E-state index in [1.54, 1.807) is 0 Å². The highest BCUT2D eigenvalue weighted by Gasteiger charge is 2.27. The number of phosphoric ester groups is 1. The number of carbonyl (C=O) groups is 2. The number of unbranched alkanes of at least 4 members (excludes halogenated alkanes) is 30. The minimum atomic E-state index is -4.40. The largest absolute Gasteiger partial charge is 0.472 e. The smallest absolute Gasteiger partial charge is 0.462 e. The minimum Gasteiger partial charge on any atom is -0.462 e. The van der Waals surface area contributed by atoms with E-state index < -0.39 is 26.5 Å². The Hall–Kier alpha value is -4.11. The lowest BCUT2D eigenvalue weighted by Crippen LogP contribution is -2.37. The normalized spacial score (nSPS) is 13.9. The van der Waals surface area contributed by atoms with Gasteiger partial charge < -0.3 is 18.9 Å². The molecule has 0 saturated heterocycles. The average Bonchev–Trinajstić information content (AvgIpc) is 2.23. The predicted octanol–water partition coefficient (Wildman–Crippen LogP) is 24.9. The van der Waals surface area contributed by atoms with E-state index in [0.717, 1.165) is 122 Å². The third-order valence-corrected chi connectivity index (χ3v) is 16.8. The molecule has 2 atom stereocenters. The number of ether oxygens (including phenoxy) is 2. The summed E-state index contributed by atoms with van der Waals surface area (Å²) in [4.78, 5) is 36.0. The zero-order chi connectivity index (χ0) is 66.9. The number of phosphoric acid groups is 1. The van der Waals surface area contributed by atoms with Gasteiger partial charge in [-0.15, -0.1) is 0 Å². The van der Waals surface area contributed by atoms with Crippen LogP contribution in [0.15, 0.2) is 146 Å². The lowest BCUT2D eigenvalue weighted by Gasteiger charge is -2.24. The second-order valence-electron chi connectivity index (χ2n) is 25.9. The van der Waals surface area contributed by atoms with E-state index in [4.69, 9.17) is 18.5 Å². The summed E-state index contributed by atoms with van der Waals surface area (Å²) in [6.07, 6.45) is 105. The van der Waals surface area contributed by atoms with E-state index >= 15 is 0 Å². The molecule has 0 aliphatic rings. The minimum absolute atomic E-state index is 0.0263. The second kappa shape index (κ2) is 71.2. The third-order valence-electron chi connectivity index (χ3n) is 15.9. The van der Waals surface area contributed by atoms with Gasteiger partial charge in [-0.05, 0) is 116 Å². The van der Waals surface area contributed by atoms with Gasteiger partial charge in [-0.3, -0.25) is 18.6 Å². The fourth-order valence-corrected chi connectivity index (χ4v) is 10.9. The Morgan fingerprint density at radius 3 is 0.870 bits per heavy atom. The van der Waals surface area contributed by atoms with Crippen molar-refractivity contribution in [3.8, 4) is 0 Å². The number of allylic oxidation sites excluding steroid dienone is 24. The number of rotatable bonds is 68. The van der Waals surface area contributed by atoms with Crippen molar-refractivity contribution in [3.63, 3.8) is 0 Å². The number of carbonyl (C=O) groups excluding carboxylic acids is 2. The van der Waals surface area contributed by atoms with Gasteiger partial charge in [0.2, 0.25) is 0 Å². The molecule has 0 radical (unpaired) electrons. The summed E-state index contributed by atoms with van der Waals surface area (Å²) in [7, 11) is 1.47. The molecule has 10 heteroatoms. The van der Waals surface area contributed by atoms with Crippen molar-refractivity contribution in [2.45, 2.75) is 315 Å². The van der Waals surface area contributed by atoms with E-state index in [9.17, 15) is 19.0 Å². The van der Waals surface area contributed by atoms with Crippen LogP contribution in [0.3, 0.4) is 0 Å². The highest BCUT2D eigenvalue weighted by atomic mass is 31.2. The number of likely N-dealkylation sites (N-methyl/N-ethyl adjacent to an activating group) is 1. The van der Waals surface area contributed by atoms with E-state index in [0.29, 0.717) is 17.4 Å². The summed E-state index contributed by atoms with van der Waals surface area (Å²) < 4.78 is 34.8. The van der Waals surface area contributed by atoms with Crippen molar-refractivity contribution < 1.29 is 42.1 Å². The van der Waals surface area contributed by atoms with Crippen molar-refractivity contribution in [2.24, 2.45) is 0 Å². The average molecular weight is 1300 g/mol. The molecule has 0 aromatic rings. The SMILES string of the molecule is CC/C=C\C/C=C\C/C=C\C/C=C\C/C=C\C/C=C\C/C=C\CCCCCCCCCCCCCC(=O)OC(COC(=O)CCCCCCCCCCCCCCCCCCCCC/C=C\C/C=C\C/C=C\C/C=C\C/C=C\CC)COP(=O)(O)OCC[N+](C)(C)C. The lowest BCUT2D eigenvalue weighted by atomic mass is 10.0. The molecule has 0 amide bonds. The molecule has 526 valence electrons. The van der Waals surface area contributed by atoms with Gasteiger partial charge in [0, 0.05) is 12.8 Å². The van der Waals surface area contributed by atoms with Crippen LogP contribution < -0.4 is 0 Å². The number of hydrogen-bond donors (Lipinski definition) is 1. The van der Waals surface area contributed by atoms with E-state index in [1.807, 2.05) is 21.1 Å². The molecular formula is C82H141NO8P+. The topological polar surface area (TPSA) is 108 Å². The maximum absolute atomic E-state index is 12.9. The first-order valence-electron chi connectivity index (χ1n) is 37.6. The van der Waals surface area contributed by atoms with Crippen molar-refractivity contribution in [3.05, 3.63) is 146 Å². The van der Waals surface area contributed by atoms with Crippen molar-refractivity contribution in [1.29, 1.82) is 0 Å². The van der Waals surface area contributed by atoms with Crippen molar-refractivity contribution in [1.82, 2.24) is 0 Å². The first-order valence-corrected chi connectivity index (χ1v) is 39.1. The molecule has 0 aliphatic carbocycles. The van der Waals surface area contributed by atoms with Crippen molar-refractivity contribution in [2.75, 3.05) is 47.5 Å². The summed E-state index contributed by atoms with van der Waals surface area (Å²) in [6.45, 7) is 4.22. The Morgan fingerprint density at radius 1 is 0.337 bits per heavy atom. The maximum atomic E-state index is 12.9. The summed E-state index contributed by atoms with van der Waals surface area (Å²) in [5, 5.41) is 0. The number of hydrogen-bond acceptors (Lipinski definition) is 7. The first-order chi connectivity index (χ1) is 45.0. The molecule has 0 aromatic heterocycles. The zero-order valence-corrected chi connectivity index (χ0v) is 60.9. The molecule has 0 rings (SSSR count). The molecule has 0 fully saturated rings. The monoisotopic (exact) mass is 1300 g/mol. The van der Waals surface area contributed by atoms with Crippen molar-refractivity contribution >= 4 is 19.8 Å². The van der Waals surface area contributed by atoms with Gasteiger partial charge in [0.15, 0.2) is 6.10 Å². The van der Waals surface area contributed by atoms with Crippen LogP contribution in [-0.2, 0) is 32.7 Å². The third kappa shape index (κ3) is 74.9. The van der Waals surface area contributed by atoms with Crippen LogP contribution in [0.25, 0.3) is 0 Å². The van der Waals surface area contributed by atoms with Gasteiger partial charge in [0.25, 0.3) is 0 Å². The highest BCUT2D eigenvalue weighted by Crippen LogP contribution is 2.43. The van der Waals surface area contributed by atoms with Crippen LogP contribution in [0.2, 0.25) is 0 Å². The Bertz CT molecular complexity index is 2070. The van der Waals surface area contributed by atoms with E-state index in [1.165, 1.54) is 154 Å². The standard InChI is InChI=1S/C82H140NO8P/c1-6-8-10-12-14-16-18-20-22-24-26-28-30-32-34-36-38-40-41-43-44-46-48-50-52-54-56-58-60-62-64-66-68-70-72-74-81(84)88-78-80(79-90-92(86,87)89-77-76-83(3,4)5)91-82(85)75-73-71-69-67-65-63-61-59-57-55-53-51-49-47-45-42-39-37-35-33-31-29-27-25-23-21-19-17-15-13-11-9-7-2/h8-11,14-17,20-23,26-29,32-35,39,42,47,49,80H,6-7,12-13,18-19,24-25,30-31,36-38,40-41,43-46,48,50-79H2,1-5H3/p+1/b10-8-,11-9-,16-14-,17-15-,22-20-,23-21-,28-26-,29-27-,34-32-,35-33-,42-39-,49-47-. The first kappa shape index (κ1) is 87.9. The quantitative estimate of drug-likeness (QED) is 0.0211. The van der Waals surface area contributed by atoms with Crippen LogP contribution in [0.4, 0.5) is 0 Å². The molecule has 0 saturated carbocycles. The fourth-order valence-electron chi connectivity index (χ4n) is 10.2. The second-order valence-corrected chi connectivity index (χ2v) is 27.4. The Balaban J connectivity index is 4.03. The molecule has 2 unspecified atom stereocenters. The number of quaternary nitrogens is 1. The maximum Gasteiger partial charge on any atom is 0.472 e. The summed E-state index contributed by atoms with van der Waals surface area (Å²) in [6, 6.07) is 0. The van der Waals surface area contributed by atoms with Gasteiger partial charge in [-0.1, -0.05) is 327 Å². The Kier molecular flexibility index (Phi) is 68.0. The van der Waals surface area contributed by atoms with Crippen LogP contribution in [0.5, 0.6) is 0 Å². The fraction of sp³-hybridized carbons (Fsp3) is 0.683. The van der Waals surface area contributed by atoms with Crippen LogP contribution in [-0.4, -0.2) is 74.9 Å². The zero-order valence-electron chi connectivity index (χ0n) is 60.0. The van der Waals surface area contributed by atoms with Gasteiger partial charge in [0.1, 0.15) is 19.8 Å². The lowest BCUT2D eigenvalue weighted by molar-refractivity contribution is -0.870. The summed E-state index contributed by atoms with van der Waals surface area (Å²) in [5.74, 6) is -0.797. The molecule has 9 nitrogen and oxygen atoms in total. The van der Waals surface area contributed by atoms with Gasteiger partial charge in [-0.25, -0.2) is 4.57 Å². The summed E-state index contributed by atoms with van der Waals surface area (Å²) >= 11 is 0. The molecule has 0 heterocycles. The van der Waals surface area contributed by atoms with Crippen LogP contribution >= 0.6 is 7.82 Å². The molecule has 0 aliphatic heterocycles. The van der Waals surface area contributed by atoms with Gasteiger partial charge in [-0.2, -0.15) is 0 Å². The number of esters is 2. The molecular weight excluding hydrogens is 1160 g/mol. The van der Waals surface area contributed by atoms with E-state index in [2.05, 4.69) is 160 Å². The number of nitrogens with zero attached hydrogens (tertiary/aromatic N) is 1. The summed E-state index contributed by atoms with van der Waals surface area (Å²) in [5.41, 5.74) is 0. The van der Waals surface area contributed by atoms with Crippen LogP contribution in [0.1, 0.15) is 309 Å². The predicted molar refractivity (Wildman–Crippen MR) is 399 cm³/mol. The van der Waals surface area contributed by atoms with Gasteiger partial charge in [0.05, 0.1) is 27.7 Å². The molecule has 0 spiro atoms. The Morgan fingerprint density at radius 2 is 0.587 bits per heavy atom. The molecule has 0 bridgehead atoms. The van der Waals surface area contributed by atoms with Gasteiger partial charge >= 0.3 is 19.8 Å².